The molecular weight excluding hydrogens is 135 g/mol. The Labute approximate surface area is 100 Å². The van der Waals surface area contributed by atoms with Crippen LogP contribution in [0, 0.1) is 18.3 Å². The molecule has 0 amide bonds. The van der Waals surface area contributed by atoms with Gasteiger partial charge in [0.05, 0.1) is 0 Å². The molecule has 0 unspecified atom stereocenters. The van der Waals surface area contributed by atoms with Gasteiger partial charge in [0.15, 0.2) is 0 Å². The first kappa shape index (κ1) is 8.73. The van der Waals surface area contributed by atoms with Crippen LogP contribution in [-0.2, 0) is 0 Å². The maximum absolute atomic E-state index is 4.02. The number of hydrogen-bond donors (Lipinski definition) is 0. The Morgan fingerprint density at radius 2 is 1.78 bits per heavy atom. The minimum Gasteiger partial charge on any atom is -0.340 e. The molecule has 1 spiro atoms. The van der Waals surface area contributed by atoms with Crippen molar-refractivity contribution in [2.24, 2.45) is 11.3 Å². The molecule has 0 heterocycles. The zero-order valence-corrected chi connectivity index (χ0v) is 9.44. The molecule has 0 aromatic rings. The fraction of sp³-hybridized carbons (Fsp3) is 0.875. The van der Waals surface area contributed by atoms with Crippen LogP contribution in [0.15, 0.2) is 0 Å². The van der Waals surface area contributed by atoms with Crippen LogP contribution in [0.4, 0.5) is 0 Å². The van der Waals surface area contributed by atoms with E-state index in [0.717, 1.165) is 11.3 Å². The molecule has 9 heavy (non-hydrogen) atoms. The summed E-state index contributed by atoms with van der Waals surface area (Å²) in [5.41, 5.74) is 0.854. The van der Waals surface area contributed by atoms with Crippen molar-refractivity contribution in [1.82, 2.24) is 0 Å². The van der Waals surface area contributed by atoms with E-state index in [0.29, 0.717) is 0 Å². The smallest absolute Gasteiger partial charge is 0.340 e. The van der Waals surface area contributed by atoms with Crippen LogP contribution >= 0.6 is 0 Å². The second-order valence-corrected chi connectivity index (χ2v) is 3.63. The van der Waals surface area contributed by atoms with E-state index in [1.54, 1.807) is 0 Å². The zero-order valence-electron chi connectivity index (χ0n) is 6.32. The summed E-state index contributed by atoms with van der Waals surface area (Å²) >= 11 is 0. The topological polar surface area (TPSA) is 0 Å². The number of hydrogen-bond acceptors (Lipinski definition) is 0. The Kier molecular flexibility index (Phi) is 2.85. The largest absolute Gasteiger partial charge is 1.00 e. The van der Waals surface area contributed by atoms with Crippen molar-refractivity contribution in [2.75, 3.05) is 0 Å². The summed E-state index contributed by atoms with van der Waals surface area (Å²) < 4.78 is 0. The van der Waals surface area contributed by atoms with Crippen molar-refractivity contribution < 1.29 is 51.4 Å². The third-order valence-electron chi connectivity index (χ3n) is 2.86. The first-order valence-electron chi connectivity index (χ1n) is 3.64. The van der Waals surface area contributed by atoms with Gasteiger partial charge in [-0.3, -0.25) is 0 Å². The summed E-state index contributed by atoms with van der Waals surface area (Å²) in [5, 5.41) is 0. The van der Waals surface area contributed by atoms with Gasteiger partial charge < -0.3 is 6.92 Å². The fourth-order valence-corrected chi connectivity index (χ4v) is 2.25. The molecule has 0 radical (unpaired) electrons. The molecule has 2 saturated carbocycles. The van der Waals surface area contributed by atoms with Gasteiger partial charge in [0.25, 0.3) is 0 Å². The van der Waals surface area contributed by atoms with Crippen molar-refractivity contribution in [3.63, 3.8) is 0 Å². The predicted octanol–water partition coefficient (Wildman–Crippen LogP) is -0.595. The molecule has 0 saturated heterocycles. The summed E-state index contributed by atoms with van der Waals surface area (Å²) in [6.45, 7) is 4.02. The molecule has 0 aliphatic heterocycles. The second-order valence-electron chi connectivity index (χ2n) is 3.63. The Morgan fingerprint density at radius 3 is 1.89 bits per heavy atom. The van der Waals surface area contributed by atoms with E-state index in [1.807, 2.05) is 0 Å². The van der Waals surface area contributed by atoms with E-state index in [9.17, 15) is 0 Å². The summed E-state index contributed by atoms with van der Waals surface area (Å²) in [6.07, 6.45) is 7.39. The van der Waals surface area contributed by atoms with Crippen molar-refractivity contribution in [1.29, 1.82) is 0 Å². The van der Waals surface area contributed by atoms with Gasteiger partial charge in [-0.05, 0) is 18.3 Å². The molecular formula is C8H13K. The minimum atomic E-state index is 0. The molecule has 1 heteroatoms. The molecule has 46 valence electrons. The Morgan fingerprint density at radius 1 is 1.22 bits per heavy atom. The Bertz CT molecular complexity index is 97.1. The van der Waals surface area contributed by atoms with Gasteiger partial charge >= 0.3 is 51.4 Å². The van der Waals surface area contributed by atoms with Crippen LogP contribution in [-0.4, -0.2) is 0 Å². The SMILES string of the molecule is [CH2-]C1CC2(CCC2)C1.[K+]. The summed E-state index contributed by atoms with van der Waals surface area (Å²) in [5.74, 6) is 0.815. The molecule has 2 aliphatic rings. The molecule has 0 aromatic carbocycles. The minimum absolute atomic E-state index is 0. The van der Waals surface area contributed by atoms with E-state index >= 15 is 0 Å². The quantitative estimate of drug-likeness (QED) is 0.318. The first-order valence-corrected chi connectivity index (χ1v) is 3.64. The standard InChI is InChI=1S/C8H13.K/c1-7-5-8(6-7)3-2-4-8;/h7H,1-6H2;/q-1;+1. The van der Waals surface area contributed by atoms with Gasteiger partial charge in [0.2, 0.25) is 0 Å². The maximum atomic E-state index is 4.02. The van der Waals surface area contributed by atoms with Gasteiger partial charge in [-0.15, -0.1) is 0 Å². The van der Waals surface area contributed by atoms with Crippen LogP contribution in [0.2, 0.25) is 0 Å². The van der Waals surface area contributed by atoms with E-state index < -0.39 is 0 Å². The predicted molar refractivity (Wildman–Crippen MR) is 34.4 cm³/mol. The average molecular weight is 148 g/mol. The molecule has 0 bridgehead atoms. The first-order chi connectivity index (χ1) is 3.81. The van der Waals surface area contributed by atoms with E-state index in [1.165, 1.54) is 32.1 Å². The Hall–Kier alpha value is 1.64. The second kappa shape index (κ2) is 2.94. The van der Waals surface area contributed by atoms with Crippen LogP contribution in [0.1, 0.15) is 32.1 Å². The van der Waals surface area contributed by atoms with Crippen molar-refractivity contribution in [3.05, 3.63) is 6.92 Å². The van der Waals surface area contributed by atoms with Crippen molar-refractivity contribution >= 4 is 0 Å². The van der Waals surface area contributed by atoms with E-state index in [-0.39, 0.29) is 51.4 Å². The van der Waals surface area contributed by atoms with Crippen LogP contribution in [0.5, 0.6) is 0 Å². The molecule has 2 rings (SSSR count). The maximum Gasteiger partial charge on any atom is 1.00 e. The van der Waals surface area contributed by atoms with Gasteiger partial charge in [0.1, 0.15) is 0 Å². The number of rotatable bonds is 0. The monoisotopic (exact) mass is 148 g/mol. The Balaban J connectivity index is 0.000000405. The zero-order chi connectivity index (χ0) is 5.61. The van der Waals surface area contributed by atoms with Crippen molar-refractivity contribution in [2.45, 2.75) is 32.1 Å². The van der Waals surface area contributed by atoms with Gasteiger partial charge in [-0.1, -0.05) is 19.3 Å². The van der Waals surface area contributed by atoms with Crippen LogP contribution in [0.3, 0.4) is 0 Å². The van der Waals surface area contributed by atoms with E-state index in [2.05, 4.69) is 6.92 Å². The fourth-order valence-electron chi connectivity index (χ4n) is 2.25. The van der Waals surface area contributed by atoms with Gasteiger partial charge in [-0.2, -0.15) is 5.92 Å². The van der Waals surface area contributed by atoms with Gasteiger partial charge in [0, 0.05) is 0 Å². The molecule has 2 aliphatic carbocycles. The molecule has 0 aromatic heterocycles. The van der Waals surface area contributed by atoms with Crippen LogP contribution in [0.25, 0.3) is 0 Å². The third kappa shape index (κ3) is 1.46. The average Bonchev–Trinajstić information content (AvgIpc) is 1.51. The summed E-state index contributed by atoms with van der Waals surface area (Å²) in [7, 11) is 0. The van der Waals surface area contributed by atoms with Gasteiger partial charge in [-0.25, -0.2) is 0 Å². The normalized spacial score (nSPS) is 30.3. The molecule has 2 fully saturated rings. The molecule has 0 atom stereocenters. The molecule has 0 N–H and O–H groups in total. The summed E-state index contributed by atoms with van der Waals surface area (Å²) in [6, 6.07) is 0. The third-order valence-corrected chi connectivity index (χ3v) is 2.86. The van der Waals surface area contributed by atoms with Crippen LogP contribution < -0.4 is 51.4 Å². The van der Waals surface area contributed by atoms with Crippen molar-refractivity contribution in [3.8, 4) is 0 Å². The summed E-state index contributed by atoms with van der Waals surface area (Å²) in [4.78, 5) is 0. The molecule has 0 nitrogen and oxygen atoms in total. The van der Waals surface area contributed by atoms with E-state index in [4.69, 9.17) is 0 Å².